The van der Waals surface area contributed by atoms with Gasteiger partial charge in [-0.2, -0.15) is 13.2 Å². The Morgan fingerprint density at radius 1 is 1.33 bits per heavy atom. The lowest BCUT2D eigenvalue weighted by atomic mass is 10.2. The van der Waals surface area contributed by atoms with E-state index in [0.717, 1.165) is 12.1 Å². The average molecular weight is 326 g/mol. The van der Waals surface area contributed by atoms with Crippen LogP contribution >= 0.6 is 39.9 Å². The SMILES string of the molecule is Cl.NNc1cc(C(F)(F)F)c(Br)cc1Cl. The summed E-state index contributed by atoms with van der Waals surface area (Å²) in [5.74, 6) is 5.00. The molecule has 0 unspecified atom stereocenters. The third kappa shape index (κ3) is 3.41. The first kappa shape index (κ1) is 14.8. The van der Waals surface area contributed by atoms with Crippen LogP contribution in [0.15, 0.2) is 16.6 Å². The summed E-state index contributed by atoms with van der Waals surface area (Å²) in [6, 6.07) is 1.98. The fraction of sp³-hybridized carbons (Fsp3) is 0.143. The minimum Gasteiger partial charge on any atom is -0.323 e. The first-order valence-electron chi connectivity index (χ1n) is 3.39. The normalized spacial score (nSPS) is 10.8. The van der Waals surface area contributed by atoms with E-state index in [-0.39, 0.29) is 27.6 Å². The number of nitrogens with one attached hydrogen (secondary N) is 1. The van der Waals surface area contributed by atoms with Gasteiger partial charge in [0.25, 0.3) is 0 Å². The van der Waals surface area contributed by atoms with Gasteiger partial charge in [0.15, 0.2) is 0 Å². The second-order valence-corrected chi connectivity index (χ2v) is 3.72. The molecule has 0 amide bonds. The van der Waals surface area contributed by atoms with Gasteiger partial charge in [0.05, 0.1) is 16.3 Å². The van der Waals surface area contributed by atoms with Gasteiger partial charge in [-0.05, 0) is 12.1 Å². The Hall–Kier alpha value is -0.170. The standard InChI is InChI=1S/C7H5BrClF3N2.ClH/c8-4-2-5(9)6(14-13)1-3(4)7(10,11)12;/h1-2,14H,13H2;1H. The third-order valence-corrected chi connectivity index (χ3v) is 2.49. The lowest BCUT2D eigenvalue weighted by Crippen LogP contribution is -2.11. The van der Waals surface area contributed by atoms with Crippen molar-refractivity contribution in [2.75, 3.05) is 5.43 Å². The maximum atomic E-state index is 12.4. The zero-order chi connectivity index (χ0) is 10.9. The molecule has 3 N–H and O–H groups in total. The van der Waals surface area contributed by atoms with Crippen molar-refractivity contribution < 1.29 is 13.2 Å². The van der Waals surface area contributed by atoms with Crippen molar-refractivity contribution in [2.24, 2.45) is 5.84 Å². The maximum absolute atomic E-state index is 12.4. The molecule has 15 heavy (non-hydrogen) atoms. The maximum Gasteiger partial charge on any atom is 0.417 e. The first-order valence-corrected chi connectivity index (χ1v) is 4.56. The number of hydrogen-bond acceptors (Lipinski definition) is 2. The highest BCUT2D eigenvalue weighted by Gasteiger charge is 2.33. The molecule has 0 heterocycles. The molecule has 0 radical (unpaired) electrons. The lowest BCUT2D eigenvalue weighted by molar-refractivity contribution is -0.138. The predicted molar refractivity (Wildman–Crippen MR) is 59.2 cm³/mol. The summed E-state index contributed by atoms with van der Waals surface area (Å²) >= 11 is 8.39. The van der Waals surface area contributed by atoms with Crippen molar-refractivity contribution >= 4 is 45.6 Å². The minimum atomic E-state index is -4.44. The second kappa shape index (κ2) is 5.25. The van der Waals surface area contributed by atoms with Crippen molar-refractivity contribution in [3.8, 4) is 0 Å². The van der Waals surface area contributed by atoms with E-state index in [4.69, 9.17) is 17.4 Å². The Kier molecular flexibility index (Phi) is 5.19. The zero-order valence-corrected chi connectivity index (χ0v) is 10.2. The number of nitrogens with two attached hydrogens (primary N) is 1. The summed E-state index contributed by atoms with van der Waals surface area (Å²) in [5.41, 5.74) is 1.29. The van der Waals surface area contributed by atoms with Gasteiger partial charge in [-0.25, -0.2) is 0 Å². The number of halogens is 6. The molecule has 2 nitrogen and oxygen atoms in total. The molecule has 1 aromatic carbocycles. The predicted octanol–water partition coefficient (Wildman–Crippen LogP) is 3.83. The van der Waals surface area contributed by atoms with E-state index in [1.807, 2.05) is 0 Å². The van der Waals surface area contributed by atoms with Gasteiger partial charge < -0.3 is 5.43 Å². The Morgan fingerprint density at radius 3 is 2.27 bits per heavy atom. The van der Waals surface area contributed by atoms with Gasteiger partial charge in [-0.15, -0.1) is 12.4 Å². The Balaban J connectivity index is 0.00000196. The first-order chi connectivity index (χ1) is 6.36. The molecule has 1 aromatic rings. The number of benzene rings is 1. The molecule has 0 aliphatic heterocycles. The van der Waals surface area contributed by atoms with E-state index in [1.165, 1.54) is 0 Å². The van der Waals surface area contributed by atoms with Gasteiger partial charge in [-0.1, -0.05) is 27.5 Å². The van der Waals surface area contributed by atoms with Crippen LogP contribution in [0.5, 0.6) is 0 Å². The summed E-state index contributed by atoms with van der Waals surface area (Å²) in [6.07, 6.45) is -4.44. The second-order valence-electron chi connectivity index (χ2n) is 2.45. The molecule has 0 fully saturated rings. The van der Waals surface area contributed by atoms with E-state index in [1.54, 1.807) is 0 Å². The van der Waals surface area contributed by atoms with E-state index in [9.17, 15) is 13.2 Å². The molecule has 0 aromatic heterocycles. The van der Waals surface area contributed by atoms with Crippen molar-refractivity contribution in [2.45, 2.75) is 6.18 Å². The molecule has 0 spiro atoms. The van der Waals surface area contributed by atoms with Gasteiger partial charge in [-0.3, -0.25) is 5.84 Å². The highest BCUT2D eigenvalue weighted by molar-refractivity contribution is 9.10. The van der Waals surface area contributed by atoms with Crippen LogP contribution in [0.1, 0.15) is 5.56 Å². The van der Waals surface area contributed by atoms with Crippen LogP contribution in [-0.4, -0.2) is 0 Å². The number of rotatable bonds is 1. The lowest BCUT2D eigenvalue weighted by Gasteiger charge is -2.12. The van der Waals surface area contributed by atoms with Crippen molar-refractivity contribution in [3.63, 3.8) is 0 Å². The summed E-state index contributed by atoms with van der Waals surface area (Å²) in [6.45, 7) is 0. The van der Waals surface area contributed by atoms with Crippen LogP contribution < -0.4 is 11.3 Å². The topological polar surface area (TPSA) is 38.0 Å². The van der Waals surface area contributed by atoms with E-state index in [0.29, 0.717) is 0 Å². The van der Waals surface area contributed by atoms with E-state index in [2.05, 4.69) is 21.4 Å². The minimum absolute atomic E-state index is 0. The fourth-order valence-corrected chi connectivity index (χ4v) is 1.80. The summed E-state index contributed by atoms with van der Waals surface area (Å²) in [4.78, 5) is 0. The van der Waals surface area contributed by atoms with Crippen LogP contribution in [0.3, 0.4) is 0 Å². The molecular weight excluding hydrogens is 320 g/mol. The average Bonchev–Trinajstić information content (AvgIpc) is 2.02. The molecule has 0 saturated carbocycles. The number of hydrogen-bond donors (Lipinski definition) is 2. The molecule has 86 valence electrons. The molecule has 1 rings (SSSR count). The van der Waals surface area contributed by atoms with Crippen LogP contribution in [0.25, 0.3) is 0 Å². The molecule has 0 bridgehead atoms. The largest absolute Gasteiger partial charge is 0.417 e. The van der Waals surface area contributed by atoms with Crippen molar-refractivity contribution in [3.05, 3.63) is 27.2 Å². The van der Waals surface area contributed by atoms with Crippen LogP contribution in [0.2, 0.25) is 5.02 Å². The molecule has 0 aliphatic rings. The van der Waals surface area contributed by atoms with Crippen molar-refractivity contribution in [1.82, 2.24) is 0 Å². The molecule has 0 atom stereocenters. The van der Waals surface area contributed by atoms with Crippen LogP contribution in [0, 0.1) is 0 Å². The molecular formula is C7H6BrCl2F3N2. The van der Waals surface area contributed by atoms with Crippen LogP contribution in [-0.2, 0) is 6.18 Å². The van der Waals surface area contributed by atoms with Crippen LogP contribution in [0.4, 0.5) is 18.9 Å². The van der Waals surface area contributed by atoms with E-state index >= 15 is 0 Å². The Labute approximate surface area is 103 Å². The summed E-state index contributed by atoms with van der Waals surface area (Å²) < 4.78 is 36.9. The van der Waals surface area contributed by atoms with Gasteiger partial charge in [0, 0.05) is 4.47 Å². The molecule has 0 aliphatic carbocycles. The fourth-order valence-electron chi connectivity index (χ4n) is 0.877. The smallest absolute Gasteiger partial charge is 0.323 e. The quantitative estimate of drug-likeness (QED) is 0.608. The number of hydrazine groups is 1. The molecule has 8 heteroatoms. The van der Waals surface area contributed by atoms with Gasteiger partial charge >= 0.3 is 6.18 Å². The molecule has 0 saturated heterocycles. The monoisotopic (exact) mass is 324 g/mol. The summed E-state index contributed by atoms with van der Waals surface area (Å²) in [7, 11) is 0. The number of anilines is 1. The number of nitrogen functional groups attached to an aromatic ring is 1. The third-order valence-electron chi connectivity index (χ3n) is 1.52. The van der Waals surface area contributed by atoms with Gasteiger partial charge in [0.2, 0.25) is 0 Å². The highest BCUT2D eigenvalue weighted by atomic mass is 79.9. The van der Waals surface area contributed by atoms with Gasteiger partial charge in [0.1, 0.15) is 0 Å². The Morgan fingerprint density at radius 2 is 1.87 bits per heavy atom. The van der Waals surface area contributed by atoms with Crippen molar-refractivity contribution in [1.29, 1.82) is 0 Å². The highest BCUT2D eigenvalue weighted by Crippen LogP contribution is 2.38. The summed E-state index contributed by atoms with van der Waals surface area (Å²) in [5, 5.41) is 0.118. The number of alkyl halides is 3. The van der Waals surface area contributed by atoms with E-state index < -0.39 is 11.7 Å². The Bertz CT molecular complexity index is 357. The zero-order valence-electron chi connectivity index (χ0n) is 7.03.